The molecule has 3 saturated carbocycles. The van der Waals surface area contributed by atoms with Crippen molar-refractivity contribution in [2.45, 2.75) is 85.7 Å². The van der Waals surface area contributed by atoms with Crippen LogP contribution in [-0.2, 0) is 4.79 Å². The summed E-state index contributed by atoms with van der Waals surface area (Å²) in [5, 5.41) is 10.2. The van der Waals surface area contributed by atoms with Gasteiger partial charge in [-0.3, -0.25) is 4.79 Å². The molecule has 8 atom stereocenters. The van der Waals surface area contributed by atoms with E-state index in [4.69, 9.17) is 0 Å². The lowest BCUT2D eigenvalue weighted by Crippen LogP contribution is -2.46. The van der Waals surface area contributed by atoms with E-state index in [1.807, 2.05) is 6.92 Å². The molecule has 0 aromatic rings. The molecule has 4 rings (SSSR count). The Bertz CT molecular complexity index is 758. The molecule has 0 heterocycles. The number of Topliss-reactive ketones (excluding diaryl/α,β-unsaturated/α-hetero) is 1. The molecule has 2 nitrogen and oxygen atoms in total. The van der Waals surface area contributed by atoms with Crippen LogP contribution >= 0.6 is 0 Å². The van der Waals surface area contributed by atoms with Gasteiger partial charge in [0.25, 0.3) is 0 Å². The number of carbonyl (C=O) groups excluding carboxylic acids is 1. The molecule has 160 valence electrons. The highest BCUT2D eigenvalue weighted by molar-refractivity contribution is 5.79. The van der Waals surface area contributed by atoms with Crippen LogP contribution in [-0.4, -0.2) is 17.0 Å². The normalized spacial score (nSPS) is 43.7. The fourth-order valence-corrected chi connectivity index (χ4v) is 7.50. The van der Waals surface area contributed by atoms with E-state index in [1.54, 1.807) is 12.5 Å². The third-order valence-electron chi connectivity index (χ3n) is 9.60. The second kappa shape index (κ2) is 7.52. The van der Waals surface area contributed by atoms with Crippen molar-refractivity contribution in [2.75, 3.05) is 0 Å². The van der Waals surface area contributed by atoms with Crippen LogP contribution in [0.4, 0.5) is 0 Å². The summed E-state index contributed by atoms with van der Waals surface area (Å²) in [6.07, 6.45) is 17.4. The van der Waals surface area contributed by atoms with Crippen LogP contribution in [0.1, 0.15) is 79.6 Å². The first-order valence-corrected chi connectivity index (χ1v) is 11.9. The Hall–Kier alpha value is -1.15. The number of allylic oxidation sites excluding steroid dienone is 5. The van der Waals surface area contributed by atoms with Gasteiger partial charge >= 0.3 is 0 Å². The zero-order valence-electron chi connectivity index (χ0n) is 19.1. The van der Waals surface area contributed by atoms with E-state index < -0.39 is 0 Å². The molecule has 0 amide bonds. The summed E-state index contributed by atoms with van der Waals surface area (Å²) in [5.41, 5.74) is 3.86. The number of carbonyl (C=O) groups is 1. The lowest BCUT2D eigenvalue weighted by atomic mass is 9.50. The molecule has 0 aliphatic heterocycles. The van der Waals surface area contributed by atoms with E-state index in [-0.39, 0.29) is 23.2 Å². The van der Waals surface area contributed by atoms with Crippen LogP contribution in [0.3, 0.4) is 0 Å². The Kier molecular flexibility index (Phi) is 5.47. The van der Waals surface area contributed by atoms with Crippen LogP contribution in [0.15, 0.2) is 35.5 Å². The van der Waals surface area contributed by atoms with Crippen molar-refractivity contribution in [3.63, 3.8) is 0 Å². The van der Waals surface area contributed by atoms with Gasteiger partial charge in [0.15, 0.2) is 0 Å². The first-order valence-electron chi connectivity index (χ1n) is 11.9. The van der Waals surface area contributed by atoms with Crippen LogP contribution in [0.5, 0.6) is 0 Å². The highest BCUT2D eigenvalue weighted by Gasteiger charge is 2.56. The smallest absolute Gasteiger partial charge is 0.136 e. The SMILES string of the molecule is CC(=O)C(C)C=C[C@@H](C)[C@H]1CC[C@H]2C3=CC=C4C[C@@H](O)CC[C@]4(C)[C@H]3CC[C@]12C. The van der Waals surface area contributed by atoms with Gasteiger partial charge in [-0.15, -0.1) is 0 Å². The average molecular weight is 397 g/mol. The molecule has 1 N–H and O–H groups in total. The third kappa shape index (κ3) is 3.40. The Morgan fingerprint density at radius 3 is 2.55 bits per heavy atom. The fraction of sp³-hybridized carbons (Fsp3) is 0.741. The van der Waals surface area contributed by atoms with Gasteiger partial charge in [-0.1, -0.05) is 63.1 Å². The molecular formula is C27H40O2. The van der Waals surface area contributed by atoms with Gasteiger partial charge in [0.1, 0.15) is 5.78 Å². The van der Waals surface area contributed by atoms with Gasteiger partial charge in [-0.2, -0.15) is 0 Å². The number of hydrogen-bond donors (Lipinski definition) is 1. The second-order valence-electron chi connectivity index (χ2n) is 11.1. The second-order valence-corrected chi connectivity index (χ2v) is 11.1. The molecule has 0 aromatic carbocycles. The van der Waals surface area contributed by atoms with Crippen molar-refractivity contribution in [3.05, 3.63) is 35.5 Å². The van der Waals surface area contributed by atoms with Crippen LogP contribution < -0.4 is 0 Å². The average Bonchev–Trinajstić information content (AvgIpc) is 3.03. The number of aliphatic hydroxyl groups is 1. The molecule has 29 heavy (non-hydrogen) atoms. The molecule has 3 fully saturated rings. The van der Waals surface area contributed by atoms with E-state index in [0.29, 0.717) is 29.1 Å². The van der Waals surface area contributed by atoms with Crippen molar-refractivity contribution in [1.29, 1.82) is 0 Å². The van der Waals surface area contributed by atoms with Crippen molar-refractivity contribution in [2.24, 2.45) is 40.4 Å². The van der Waals surface area contributed by atoms with Crippen molar-refractivity contribution < 1.29 is 9.90 Å². The largest absolute Gasteiger partial charge is 0.393 e. The van der Waals surface area contributed by atoms with Crippen LogP contribution in [0.2, 0.25) is 0 Å². The molecule has 0 radical (unpaired) electrons. The minimum absolute atomic E-state index is 0.0319. The molecule has 4 aliphatic carbocycles. The monoisotopic (exact) mass is 396 g/mol. The predicted octanol–water partition coefficient (Wildman–Crippen LogP) is 6.26. The Labute approximate surface area is 177 Å². The molecule has 0 saturated heterocycles. The summed E-state index contributed by atoms with van der Waals surface area (Å²) >= 11 is 0. The molecule has 2 heteroatoms. The predicted molar refractivity (Wildman–Crippen MR) is 119 cm³/mol. The van der Waals surface area contributed by atoms with Crippen LogP contribution in [0, 0.1) is 40.4 Å². The number of fused-ring (bicyclic) bond motifs is 5. The highest BCUT2D eigenvalue weighted by atomic mass is 16.3. The van der Waals surface area contributed by atoms with E-state index in [0.717, 1.165) is 19.3 Å². The number of rotatable bonds is 4. The molecular weight excluding hydrogens is 356 g/mol. The fourth-order valence-electron chi connectivity index (χ4n) is 7.50. The van der Waals surface area contributed by atoms with Crippen molar-refractivity contribution >= 4 is 5.78 Å². The van der Waals surface area contributed by atoms with E-state index >= 15 is 0 Å². The summed E-state index contributed by atoms with van der Waals surface area (Å²) in [6, 6.07) is 0. The zero-order valence-corrected chi connectivity index (χ0v) is 19.1. The van der Waals surface area contributed by atoms with E-state index in [9.17, 15) is 9.90 Å². The Balaban J connectivity index is 1.57. The lowest BCUT2D eigenvalue weighted by molar-refractivity contribution is -0.118. The van der Waals surface area contributed by atoms with Gasteiger partial charge in [0.05, 0.1) is 6.10 Å². The van der Waals surface area contributed by atoms with Gasteiger partial charge in [-0.05, 0) is 86.4 Å². The van der Waals surface area contributed by atoms with E-state index in [1.165, 1.54) is 31.3 Å². The molecule has 4 aliphatic rings. The number of ketones is 1. The first-order chi connectivity index (χ1) is 13.7. The van der Waals surface area contributed by atoms with E-state index in [2.05, 4.69) is 45.1 Å². The zero-order chi connectivity index (χ0) is 21.0. The summed E-state index contributed by atoms with van der Waals surface area (Å²) in [6.45, 7) is 11.1. The summed E-state index contributed by atoms with van der Waals surface area (Å²) in [5.74, 6) is 2.90. The van der Waals surface area contributed by atoms with Gasteiger partial charge in [-0.25, -0.2) is 0 Å². The minimum Gasteiger partial charge on any atom is -0.393 e. The maximum absolute atomic E-state index is 11.6. The topological polar surface area (TPSA) is 37.3 Å². The lowest BCUT2D eigenvalue weighted by Gasteiger charge is -2.55. The number of hydrogen-bond acceptors (Lipinski definition) is 2. The minimum atomic E-state index is -0.140. The summed E-state index contributed by atoms with van der Waals surface area (Å²) < 4.78 is 0. The van der Waals surface area contributed by atoms with Gasteiger partial charge < -0.3 is 5.11 Å². The Morgan fingerprint density at radius 2 is 1.83 bits per heavy atom. The molecule has 0 bridgehead atoms. The van der Waals surface area contributed by atoms with Crippen molar-refractivity contribution in [3.8, 4) is 0 Å². The maximum Gasteiger partial charge on any atom is 0.136 e. The maximum atomic E-state index is 11.6. The first kappa shape index (κ1) is 21.1. The third-order valence-corrected chi connectivity index (χ3v) is 9.60. The van der Waals surface area contributed by atoms with Gasteiger partial charge in [0.2, 0.25) is 0 Å². The van der Waals surface area contributed by atoms with Crippen molar-refractivity contribution in [1.82, 2.24) is 0 Å². The van der Waals surface area contributed by atoms with Gasteiger partial charge in [0, 0.05) is 5.92 Å². The standard InChI is InChI=1S/C27H40O2/c1-17(19(3)28)6-7-18(2)23-10-11-24-22-9-8-20-16-21(29)12-14-26(20,4)25(22)13-15-27(23,24)5/h6-9,17-18,21,23-25,29H,10-16H2,1-5H3/t17?,18-,21+,23-,24+,25+,26+,27-/m1/s1. The summed E-state index contributed by atoms with van der Waals surface area (Å²) in [4.78, 5) is 11.6. The quantitative estimate of drug-likeness (QED) is 0.569. The molecule has 0 aromatic heterocycles. The highest BCUT2D eigenvalue weighted by Crippen LogP contribution is 2.65. The molecule has 1 unspecified atom stereocenters. The van der Waals surface area contributed by atoms with Crippen LogP contribution in [0.25, 0.3) is 0 Å². The molecule has 0 spiro atoms. The number of aliphatic hydroxyl groups excluding tert-OH is 1. The Morgan fingerprint density at radius 1 is 1.07 bits per heavy atom. The summed E-state index contributed by atoms with van der Waals surface area (Å²) in [7, 11) is 0.